The molecule has 0 saturated carbocycles. The predicted molar refractivity (Wildman–Crippen MR) is 84.2 cm³/mol. The molecule has 0 fully saturated rings. The lowest BCUT2D eigenvalue weighted by molar-refractivity contribution is -0.135. The number of pyridine rings is 1. The Morgan fingerprint density at radius 2 is 2.09 bits per heavy atom. The van der Waals surface area contributed by atoms with Gasteiger partial charge < -0.3 is 20.3 Å². The summed E-state index contributed by atoms with van der Waals surface area (Å²) < 4.78 is 5.49. The average Bonchev–Trinajstić information content (AvgIpc) is 2.53. The predicted octanol–water partition coefficient (Wildman–Crippen LogP) is 2.20. The number of nitrogens with one attached hydrogen (secondary N) is 1. The Morgan fingerprint density at radius 1 is 1.35 bits per heavy atom. The second-order valence-electron chi connectivity index (χ2n) is 4.73. The van der Waals surface area contributed by atoms with Gasteiger partial charge in [0.1, 0.15) is 17.4 Å². The van der Waals surface area contributed by atoms with Gasteiger partial charge in [-0.3, -0.25) is 9.59 Å². The Morgan fingerprint density at radius 3 is 2.74 bits per heavy atom. The largest absolute Gasteiger partial charge is 0.505 e. The molecule has 1 aromatic heterocycles. The van der Waals surface area contributed by atoms with Crippen LogP contribution >= 0.6 is 11.6 Å². The number of benzene rings is 1. The summed E-state index contributed by atoms with van der Waals surface area (Å²) in [7, 11) is 0. The highest BCUT2D eigenvalue weighted by Crippen LogP contribution is 2.34. The number of amides is 1. The number of ether oxygens (including phenoxy) is 1. The average molecular weight is 339 g/mol. The van der Waals surface area contributed by atoms with Crippen molar-refractivity contribution in [2.45, 2.75) is 13.3 Å². The Kier molecular flexibility index (Phi) is 5.23. The third kappa shape index (κ3) is 3.81. The van der Waals surface area contributed by atoms with Crippen molar-refractivity contribution in [1.82, 2.24) is 10.3 Å². The van der Waals surface area contributed by atoms with E-state index in [0.717, 1.165) is 6.42 Å². The Balaban J connectivity index is 2.41. The van der Waals surface area contributed by atoms with Gasteiger partial charge in [-0.05, 0) is 24.6 Å². The van der Waals surface area contributed by atoms with Gasteiger partial charge in [0, 0.05) is 10.8 Å². The molecule has 0 aliphatic heterocycles. The lowest BCUT2D eigenvalue weighted by Gasteiger charge is -2.11. The van der Waals surface area contributed by atoms with E-state index in [1.54, 1.807) is 18.2 Å². The fourth-order valence-electron chi connectivity index (χ4n) is 1.95. The van der Waals surface area contributed by atoms with Gasteiger partial charge in [-0.1, -0.05) is 18.5 Å². The third-order valence-electron chi connectivity index (χ3n) is 2.99. The molecule has 1 aromatic carbocycles. The number of fused-ring (bicyclic) bond motifs is 1. The summed E-state index contributed by atoms with van der Waals surface area (Å²) in [5.41, 5.74) is -0.328. The molecule has 0 aliphatic carbocycles. The highest BCUT2D eigenvalue weighted by Gasteiger charge is 2.19. The SMILES string of the molecule is CCCOc1ccc2c(O)c(C(=O)NCC(=O)O)nc(Cl)c2c1. The first-order valence-electron chi connectivity index (χ1n) is 6.89. The van der Waals surface area contributed by atoms with Gasteiger partial charge >= 0.3 is 5.97 Å². The number of aromatic nitrogens is 1. The summed E-state index contributed by atoms with van der Waals surface area (Å²) in [5.74, 6) is -1.82. The van der Waals surface area contributed by atoms with E-state index in [0.29, 0.717) is 23.1 Å². The molecule has 122 valence electrons. The minimum atomic E-state index is -1.21. The Hall–Kier alpha value is -2.54. The molecule has 7 nitrogen and oxygen atoms in total. The summed E-state index contributed by atoms with van der Waals surface area (Å²) in [6.07, 6.45) is 0.845. The first kappa shape index (κ1) is 16.8. The number of rotatable bonds is 6. The normalized spacial score (nSPS) is 10.5. The molecule has 2 rings (SSSR count). The van der Waals surface area contributed by atoms with E-state index in [9.17, 15) is 14.7 Å². The highest BCUT2D eigenvalue weighted by molar-refractivity contribution is 6.35. The second-order valence-corrected chi connectivity index (χ2v) is 5.09. The van der Waals surface area contributed by atoms with Crippen LogP contribution in [0.5, 0.6) is 11.5 Å². The van der Waals surface area contributed by atoms with Gasteiger partial charge in [0.15, 0.2) is 11.4 Å². The first-order valence-corrected chi connectivity index (χ1v) is 7.26. The molecule has 1 heterocycles. The third-order valence-corrected chi connectivity index (χ3v) is 3.28. The Labute approximate surface area is 136 Å². The van der Waals surface area contributed by atoms with Crippen molar-refractivity contribution < 1.29 is 24.5 Å². The van der Waals surface area contributed by atoms with Crippen molar-refractivity contribution in [2.75, 3.05) is 13.2 Å². The van der Waals surface area contributed by atoms with Crippen molar-refractivity contribution in [2.24, 2.45) is 0 Å². The van der Waals surface area contributed by atoms with Crippen molar-refractivity contribution in [1.29, 1.82) is 0 Å². The topological polar surface area (TPSA) is 109 Å². The lowest BCUT2D eigenvalue weighted by Crippen LogP contribution is -2.30. The van der Waals surface area contributed by atoms with Crippen LogP contribution < -0.4 is 10.1 Å². The van der Waals surface area contributed by atoms with Gasteiger partial charge in [0.2, 0.25) is 0 Å². The van der Waals surface area contributed by atoms with Crippen LogP contribution in [0.4, 0.5) is 0 Å². The molecule has 8 heteroatoms. The summed E-state index contributed by atoms with van der Waals surface area (Å²) >= 11 is 6.07. The van der Waals surface area contributed by atoms with E-state index < -0.39 is 18.4 Å². The maximum Gasteiger partial charge on any atom is 0.322 e. The van der Waals surface area contributed by atoms with Crippen LogP contribution in [0.15, 0.2) is 18.2 Å². The fourth-order valence-corrected chi connectivity index (χ4v) is 2.19. The van der Waals surface area contributed by atoms with Gasteiger partial charge in [-0.25, -0.2) is 4.98 Å². The first-order chi connectivity index (χ1) is 10.9. The minimum absolute atomic E-state index is 0.0141. The zero-order chi connectivity index (χ0) is 17.0. The molecule has 2 aromatic rings. The van der Waals surface area contributed by atoms with Crippen molar-refractivity contribution in [3.8, 4) is 11.5 Å². The highest BCUT2D eigenvalue weighted by atomic mass is 35.5. The molecule has 0 radical (unpaired) electrons. The van der Waals surface area contributed by atoms with Crippen LogP contribution in [0.2, 0.25) is 5.15 Å². The van der Waals surface area contributed by atoms with Crippen molar-refractivity contribution in [3.05, 3.63) is 29.0 Å². The summed E-state index contributed by atoms with van der Waals surface area (Å²) in [6, 6.07) is 4.84. The number of aliphatic carboxylic acids is 1. The number of aromatic hydroxyl groups is 1. The zero-order valence-electron chi connectivity index (χ0n) is 12.3. The molecule has 0 bridgehead atoms. The maximum atomic E-state index is 11.9. The van der Waals surface area contributed by atoms with Crippen LogP contribution in [0.3, 0.4) is 0 Å². The van der Waals surface area contributed by atoms with Gasteiger partial charge in [-0.2, -0.15) is 0 Å². The minimum Gasteiger partial charge on any atom is -0.505 e. The summed E-state index contributed by atoms with van der Waals surface area (Å²) in [6.45, 7) is 1.93. The molecule has 0 saturated heterocycles. The summed E-state index contributed by atoms with van der Waals surface area (Å²) in [5, 5.41) is 21.7. The zero-order valence-corrected chi connectivity index (χ0v) is 13.1. The fraction of sp³-hybridized carbons (Fsp3) is 0.267. The van der Waals surface area contributed by atoms with Gasteiger partial charge in [0.25, 0.3) is 5.91 Å². The van der Waals surface area contributed by atoms with E-state index in [-0.39, 0.29) is 16.6 Å². The molecule has 0 unspecified atom stereocenters. The maximum absolute atomic E-state index is 11.9. The number of nitrogens with zero attached hydrogens (tertiary/aromatic N) is 1. The molecule has 3 N–H and O–H groups in total. The standard InChI is InChI=1S/C15H15ClN2O5/c1-2-5-23-8-3-4-9-10(6-8)14(16)18-12(13(9)21)15(22)17-7-11(19)20/h3-4,6,21H,2,5,7H2,1H3,(H,17,22)(H,19,20). The second kappa shape index (κ2) is 7.15. The monoisotopic (exact) mass is 338 g/mol. The van der Waals surface area contributed by atoms with Crippen LogP contribution in [0.25, 0.3) is 10.8 Å². The van der Waals surface area contributed by atoms with Gasteiger partial charge in [-0.15, -0.1) is 0 Å². The van der Waals surface area contributed by atoms with Crippen molar-refractivity contribution in [3.63, 3.8) is 0 Å². The smallest absolute Gasteiger partial charge is 0.322 e. The van der Waals surface area contributed by atoms with Gasteiger partial charge in [0.05, 0.1) is 6.61 Å². The number of halogens is 1. The molecule has 0 spiro atoms. The number of carboxylic acid groups (broad SMARTS) is 1. The lowest BCUT2D eigenvalue weighted by atomic mass is 10.1. The Bertz CT molecular complexity index is 763. The van der Waals surface area contributed by atoms with Crippen LogP contribution in [-0.4, -0.2) is 40.2 Å². The molecule has 0 aliphatic rings. The quantitative estimate of drug-likeness (QED) is 0.697. The van der Waals surface area contributed by atoms with E-state index in [4.69, 9.17) is 21.4 Å². The van der Waals surface area contributed by atoms with E-state index in [1.807, 2.05) is 6.92 Å². The number of hydrogen-bond donors (Lipinski definition) is 3. The van der Waals surface area contributed by atoms with Crippen LogP contribution in [0, 0.1) is 0 Å². The number of carbonyl (C=O) groups is 2. The van der Waals surface area contributed by atoms with E-state index >= 15 is 0 Å². The number of carboxylic acids is 1. The van der Waals surface area contributed by atoms with Crippen LogP contribution in [-0.2, 0) is 4.79 Å². The van der Waals surface area contributed by atoms with Crippen LogP contribution in [0.1, 0.15) is 23.8 Å². The molecular weight excluding hydrogens is 324 g/mol. The molecule has 0 atom stereocenters. The van der Waals surface area contributed by atoms with E-state index in [2.05, 4.69) is 10.3 Å². The number of carbonyl (C=O) groups excluding carboxylic acids is 1. The van der Waals surface area contributed by atoms with Crippen molar-refractivity contribution >= 4 is 34.2 Å². The van der Waals surface area contributed by atoms with E-state index in [1.165, 1.54) is 0 Å². The molecule has 23 heavy (non-hydrogen) atoms. The molecular formula is C15H15ClN2O5. The summed E-state index contributed by atoms with van der Waals surface area (Å²) in [4.78, 5) is 26.2. The number of hydrogen-bond acceptors (Lipinski definition) is 5. The molecule has 1 amide bonds.